The van der Waals surface area contributed by atoms with Crippen molar-refractivity contribution in [1.82, 2.24) is 14.1 Å². The maximum Gasteiger partial charge on any atom is 0.275 e. The van der Waals surface area contributed by atoms with Crippen molar-refractivity contribution in [2.75, 3.05) is 5.32 Å². The van der Waals surface area contributed by atoms with Crippen molar-refractivity contribution >= 4 is 43.8 Å². The van der Waals surface area contributed by atoms with E-state index in [0.717, 1.165) is 16.8 Å². The number of nitrogens with zero attached hydrogens (tertiary/aromatic N) is 2. The average Bonchev–Trinajstić information content (AvgIpc) is 3.03. The molecule has 0 aliphatic rings. The summed E-state index contributed by atoms with van der Waals surface area (Å²) in [5.41, 5.74) is 0.681. The van der Waals surface area contributed by atoms with Gasteiger partial charge in [0.1, 0.15) is 5.69 Å². The molecule has 2 N–H and O–H groups in total. The second kappa shape index (κ2) is 6.30. The quantitative estimate of drug-likeness (QED) is 0.719. The van der Waals surface area contributed by atoms with Gasteiger partial charge in [0.2, 0.25) is 5.91 Å². The van der Waals surface area contributed by atoms with Crippen LogP contribution < -0.4 is 10.0 Å². The van der Waals surface area contributed by atoms with E-state index < -0.39 is 21.8 Å². The molecule has 0 bridgehead atoms. The highest BCUT2D eigenvalue weighted by atomic mass is 32.2. The van der Waals surface area contributed by atoms with Gasteiger partial charge in [0.15, 0.2) is 4.96 Å². The van der Waals surface area contributed by atoms with Crippen molar-refractivity contribution in [1.29, 1.82) is 0 Å². The van der Waals surface area contributed by atoms with Gasteiger partial charge in [-0.25, -0.2) is 18.1 Å². The van der Waals surface area contributed by atoms with Gasteiger partial charge < -0.3 is 5.32 Å². The summed E-state index contributed by atoms with van der Waals surface area (Å²) in [6, 6.07) is 5.48. The predicted octanol–water partition coefficient (Wildman–Crippen LogP) is 1.78. The fraction of sp³-hybridized carbons (Fsp3) is 0.133. The molecule has 2 aromatic heterocycles. The van der Waals surface area contributed by atoms with Crippen molar-refractivity contribution in [3.8, 4) is 0 Å². The second-order valence-corrected chi connectivity index (χ2v) is 8.19. The largest absolute Gasteiger partial charge is 0.321 e. The van der Waals surface area contributed by atoms with E-state index in [-0.39, 0.29) is 10.6 Å². The lowest BCUT2D eigenvalue weighted by Gasteiger charge is -2.06. The average molecular weight is 378 g/mol. The molecule has 0 radical (unpaired) electrons. The number of thiazole rings is 1. The number of carbonyl (C=O) groups excluding carboxylic acids is 2. The van der Waals surface area contributed by atoms with E-state index in [1.54, 1.807) is 10.6 Å². The summed E-state index contributed by atoms with van der Waals surface area (Å²) in [5, 5.41) is 2.65. The molecule has 0 saturated carbocycles. The lowest BCUT2D eigenvalue weighted by atomic mass is 10.3. The maximum absolute atomic E-state index is 12.2. The highest BCUT2D eigenvalue weighted by Gasteiger charge is 2.16. The number of hydrogen-bond acceptors (Lipinski definition) is 6. The van der Waals surface area contributed by atoms with Gasteiger partial charge in [-0.15, -0.1) is 11.3 Å². The lowest BCUT2D eigenvalue weighted by Crippen LogP contribution is -2.28. The minimum Gasteiger partial charge on any atom is -0.321 e. The molecule has 10 heteroatoms. The highest BCUT2D eigenvalue weighted by molar-refractivity contribution is 7.90. The number of rotatable bonds is 4. The molecule has 1 aromatic carbocycles. The molecular weight excluding hydrogens is 364 g/mol. The number of benzene rings is 1. The number of aromatic nitrogens is 2. The van der Waals surface area contributed by atoms with E-state index in [1.807, 2.05) is 17.8 Å². The Balaban J connectivity index is 1.75. The maximum atomic E-state index is 12.2. The number of nitrogens with one attached hydrogen (secondary N) is 2. The molecule has 3 aromatic rings. The van der Waals surface area contributed by atoms with Crippen LogP contribution in [0.4, 0.5) is 5.69 Å². The van der Waals surface area contributed by atoms with Gasteiger partial charge in [-0.3, -0.25) is 14.0 Å². The molecule has 0 saturated heterocycles. The Kier molecular flexibility index (Phi) is 4.31. The molecule has 0 aliphatic heterocycles. The number of aryl methyl sites for hydroxylation is 1. The van der Waals surface area contributed by atoms with Gasteiger partial charge in [-0.1, -0.05) is 0 Å². The fourth-order valence-corrected chi connectivity index (χ4v) is 3.98. The van der Waals surface area contributed by atoms with Crippen LogP contribution in [0.5, 0.6) is 0 Å². The molecule has 25 heavy (non-hydrogen) atoms. The summed E-state index contributed by atoms with van der Waals surface area (Å²) in [5.74, 6) is -1.07. The Morgan fingerprint density at radius 3 is 2.44 bits per heavy atom. The van der Waals surface area contributed by atoms with Crippen molar-refractivity contribution in [3.63, 3.8) is 0 Å². The number of hydrogen-bond donors (Lipinski definition) is 2. The monoisotopic (exact) mass is 378 g/mol. The number of sulfonamides is 1. The molecular formula is C15H14N4O4S2. The van der Waals surface area contributed by atoms with Crippen LogP contribution in [0.15, 0.2) is 41.6 Å². The van der Waals surface area contributed by atoms with Crippen LogP contribution in [0, 0.1) is 6.92 Å². The third kappa shape index (κ3) is 3.69. The van der Waals surface area contributed by atoms with E-state index >= 15 is 0 Å². The molecule has 0 fully saturated rings. The van der Waals surface area contributed by atoms with Gasteiger partial charge in [0.25, 0.3) is 15.9 Å². The molecule has 0 aliphatic carbocycles. The SMILES string of the molecule is CC(=O)NS(=O)(=O)c1ccc(NC(=O)c2cn3cc(C)sc3n2)cc1. The number of anilines is 1. The van der Waals surface area contributed by atoms with Crippen molar-refractivity contribution in [2.45, 2.75) is 18.7 Å². The van der Waals surface area contributed by atoms with Gasteiger partial charge in [0.05, 0.1) is 4.90 Å². The Morgan fingerprint density at radius 2 is 1.84 bits per heavy atom. The van der Waals surface area contributed by atoms with Crippen LogP contribution in [-0.4, -0.2) is 29.6 Å². The van der Waals surface area contributed by atoms with Crippen molar-refractivity contribution < 1.29 is 18.0 Å². The number of fused-ring (bicyclic) bond motifs is 1. The molecule has 8 nitrogen and oxygen atoms in total. The Labute approximate surface area is 147 Å². The second-order valence-electron chi connectivity index (χ2n) is 5.30. The summed E-state index contributed by atoms with van der Waals surface area (Å²) >= 11 is 1.48. The molecule has 3 rings (SSSR count). The zero-order valence-corrected chi connectivity index (χ0v) is 14.9. The first-order chi connectivity index (χ1) is 11.7. The third-order valence-electron chi connectivity index (χ3n) is 3.20. The van der Waals surface area contributed by atoms with Gasteiger partial charge >= 0.3 is 0 Å². The first-order valence-corrected chi connectivity index (χ1v) is 9.44. The van der Waals surface area contributed by atoms with Gasteiger partial charge in [0, 0.05) is 29.9 Å². The van der Waals surface area contributed by atoms with Crippen LogP contribution in [0.1, 0.15) is 22.3 Å². The smallest absolute Gasteiger partial charge is 0.275 e. The van der Waals surface area contributed by atoms with Crippen LogP contribution in [0.25, 0.3) is 4.96 Å². The van der Waals surface area contributed by atoms with Crippen molar-refractivity contribution in [3.05, 3.63) is 47.2 Å². The lowest BCUT2D eigenvalue weighted by molar-refractivity contribution is -0.117. The Bertz CT molecular complexity index is 1030. The minimum atomic E-state index is -3.90. The summed E-state index contributed by atoms with van der Waals surface area (Å²) in [4.78, 5) is 29.1. The zero-order chi connectivity index (χ0) is 18.2. The van der Waals surface area contributed by atoms with E-state index in [4.69, 9.17) is 0 Å². The third-order valence-corrected chi connectivity index (χ3v) is 5.57. The predicted molar refractivity (Wildman–Crippen MR) is 93.2 cm³/mol. The fourth-order valence-electron chi connectivity index (χ4n) is 2.18. The van der Waals surface area contributed by atoms with E-state index in [2.05, 4.69) is 10.3 Å². The van der Waals surface area contributed by atoms with Crippen LogP contribution in [0.2, 0.25) is 0 Å². The van der Waals surface area contributed by atoms with Crippen molar-refractivity contribution in [2.24, 2.45) is 0 Å². The first kappa shape index (κ1) is 17.1. The summed E-state index contributed by atoms with van der Waals surface area (Å²) in [6.45, 7) is 3.07. The van der Waals surface area contributed by atoms with Crippen LogP contribution >= 0.6 is 11.3 Å². The van der Waals surface area contributed by atoms with E-state index in [9.17, 15) is 18.0 Å². The zero-order valence-electron chi connectivity index (χ0n) is 13.3. The molecule has 2 amide bonds. The molecule has 0 spiro atoms. The summed E-state index contributed by atoms with van der Waals surface area (Å²) < 4.78 is 27.4. The summed E-state index contributed by atoms with van der Waals surface area (Å²) in [6.07, 6.45) is 3.51. The number of imidazole rings is 1. The number of carbonyl (C=O) groups is 2. The molecule has 0 atom stereocenters. The van der Waals surface area contributed by atoms with Crippen LogP contribution in [-0.2, 0) is 14.8 Å². The van der Waals surface area contributed by atoms with Gasteiger partial charge in [-0.2, -0.15) is 0 Å². The van der Waals surface area contributed by atoms with E-state index in [0.29, 0.717) is 5.69 Å². The van der Waals surface area contributed by atoms with Crippen LogP contribution in [0.3, 0.4) is 0 Å². The summed E-state index contributed by atoms with van der Waals surface area (Å²) in [7, 11) is -3.90. The highest BCUT2D eigenvalue weighted by Crippen LogP contribution is 2.18. The minimum absolute atomic E-state index is 0.0707. The topological polar surface area (TPSA) is 110 Å². The molecule has 2 heterocycles. The Morgan fingerprint density at radius 1 is 1.16 bits per heavy atom. The molecule has 130 valence electrons. The number of amides is 2. The Hall–Kier alpha value is -2.72. The normalized spacial score (nSPS) is 11.4. The van der Waals surface area contributed by atoms with E-state index in [1.165, 1.54) is 35.6 Å². The van der Waals surface area contributed by atoms with Gasteiger partial charge in [-0.05, 0) is 31.2 Å². The first-order valence-electron chi connectivity index (χ1n) is 7.14. The standard InChI is InChI=1S/C15H14N4O4S2/c1-9-7-19-8-13(17-15(19)24-9)14(21)16-11-3-5-12(6-4-11)25(22,23)18-10(2)20/h3-8H,1-2H3,(H,16,21)(H,18,20). The molecule has 0 unspecified atom stereocenters.